The maximum Gasteiger partial charge on any atom is 0.251 e. The van der Waals surface area contributed by atoms with Crippen LogP contribution in [0.4, 0.5) is 0 Å². The number of nitrogens with zero attached hydrogens (tertiary/aromatic N) is 1. The van der Waals surface area contributed by atoms with E-state index in [1.165, 1.54) is 20.2 Å². The molecule has 0 aliphatic heterocycles. The molecule has 2 rings (SSSR count). The first-order valence-electron chi connectivity index (χ1n) is 6.85. The second-order valence-electron chi connectivity index (χ2n) is 5.39. The first-order valence-corrected chi connectivity index (χ1v) is 9.08. The Bertz CT molecular complexity index is 638. The number of hydrogen-bond acceptors (Lipinski definition) is 3. The van der Waals surface area contributed by atoms with Gasteiger partial charge in [0.05, 0.1) is 4.90 Å². The summed E-state index contributed by atoms with van der Waals surface area (Å²) in [6, 6.07) is 4.85. The van der Waals surface area contributed by atoms with Gasteiger partial charge in [-0.3, -0.25) is 4.79 Å². The highest BCUT2D eigenvalue weighted by atomic mass is 79.9. The van der Waals surface area contributed by atoms with Gasteiger partial charge >= 0.3 is 0 Å². The summed E-state index contributed by atoms with van der Waals surface area (Å²) in [5, 5.41) is 2.96. The molecule has 1 aromatic carbocycles. The summed E-state index contributed by atoms with van der Waals surface area (Å²) in [5.41, 5.74) is 0.366. The van der Waals surface area contributed by atoms with Crippen LogP contribution >= 0.6 is 15.9 Å². The third kappa shape index (κ3) is 3.64. The van der Waals surface area contributed by atoms with Crippen LogP contribution in [-0.2, 0) is 10.0 Å². The first-order chi connectivity index (χ1) is 9.82. The summed E-state index contributed by atoms with van der Waals surface area (Å²) in [5.74, 6) is -0.218. The molecule has 0 saturated heterocycles. The summed E-state index contributed by atoms with van der Waals surface area (Å²) in [4.78, 5) is 12.3. The lowest BCUT2D eigenvalue weighted by Crippen LogP contribution is -2.32. The first kappa shape index (κ1) is 16.5. The van der Waals surface area contributed by atoms with E-state index in [1.807, 2.05) is 0 Å². The van der Waals surface area contributed by atoms with E-state index in [1.54, 1.807) is 12.1 Å². The van der Waals surface area contributed by atoms with Crippen LogP contribution < -0.4 is 5.32 Å². The molecule has 1 amide bonds. The lowest BCUT2D eigenvalue weighted by molar-refractivity contribution is 0.0937. The van der Waals surface area contributed by atoms with Gasteiger partial charge in [-0.1, -0.05) is 12.8 Å². The van der Waals surface area contributed by atoms with Crippen LogP contribution in [0.25, 0.3) is 0 Å². The molecular weight excluding hydrogens is 356 g/mol. The summed E-state index contributed by atoms with van der Waals surface area (Å²) in [6.45, 7) is 0. The quantitative estimate of drug-likeness (QED) is 0.879. The molecule has 1 aliphatic carbocycles. The van der Waals surface area contributed by atoms with Gasteiger partial charge in [-0.25, -0.2) is 12.7 Å². The third-order valence-electron chi connectivity index (χ3n) is 3.64. The van der Waals surface area contributed by atoms with Crippen LogP contribution in [0.3, 0.4) is 0 Å². The van der Waals surface area contributed by atoms with Crippen LogP contribution in [0.1, 0.15) is 36.0 Å². The minimum Gasteiger partial charge on any atom is -0.349 e. The van der Waals surface area contributed by atoms with E-state index >= 15 is 0 Å². The van der Waals surface area contributed by atoms with Gasteiger partial charge in [-0.2, -0.15) is 0 Å². The monoisotopic (exact) mass is 374 g/mol. The lowest BCUT2D eigenvalue weighted by atomic mass is 10.2. The largest absolute Gasteiger partial charge is 0.349 e. The second-order valence-corrected chi connectivity index (χ2v) is 8.36. The van der Waals surface area contributed by atoms with Crippen molar-refractivity contribution in [3.8, 4) is 0 Å². The summed E-state index contributed by atoms with van der Waals surface area (Å²) in [6.07, 6.45) is 4.24. The molecule has 0 aromatic heterocycles. The molecule has 21 heavy (non-hydrogen) atoms. The Morgan fingerprint density at radius 3 is 2.48 bits per heavy atom. The molecule has 0 spiro atoms. The Morgan fingerprint density at radius 1 is 1.29 bits per heavy atom. The topological polar surface area (TPSA) is 66.5 Å². The minimum absolute atomic E-state index is 0.103. The molecule has 1 N–H and O–H groups in total. The molecule has 116 valence electrons. The normalized spacial score (nSPS) is 16.4. The molecule has 1 aromatic rings. The standard InChI is InChI=1S/C14H19BrN2O3S/c1-17(2)21(19,20)13-9-10(7-8-12(13)15)14(18)16-11-5-3-4-6-11/h7-9,11H,3-6H2,1-2H3,(H,16,18). The predicted molar refractivity (Wildman–Crippen MR) is 84.7 cm³/mol. The highest BCUT2D eigenvalue weighted by Gasteiger charge is 2.23. The molecule has 5 nitrogen and oxygen atoms in total. The Labute approximate surface area is 133 Å². The SMILES string of the molecule is CN(C)S(=O)(=O)c1cc(C(=O)NC2CCCC2)ccc1Br. The summed E-state index contributed by atoms with van der Waals surface area (Å²) >= 11 is 3.23. The van der Waals surface area contributed by atoms with Crippen LogP contribution in [-0.4, -0.2) is 38.8 Å². The maximum atomic E-state index is 12.2. The van der Waals surface area contributed by atoms with E-state index in [9.17, 15) is 13.2 Å². The van der Waals surface area contributed by atoms with Crippen molar-refractivity contribution in [2.24, 2.45) is 0 Å². The molecule has 7 heteroatoms. The van der Waals surface area contributed by atoms with Gasteiger partial charge in [0.1, 0.15) is 0 Å². The van der Waals surface area contributed by atoms with Gasteiger partial charge < -0.3 is 5.32 Å². The molecule has 0 bridgehead atoms. The predicted octanol–water partition coefficient (Wildman–Crippen LogP) is 2.37. The fraction of sp³-hybridized carbons (Fsp3) is 0.500. The van der Waals surface area contributed by atoms with Crippen LogP contribution in [0.5, 0.6) is 0 Å². The van der Waals surface area contributed by atoms with Crippen molar-refractivity contribution in [3.05, 3.63) is 28.2 Å². The van der Waals surface area contributed by atoms with Crippen molar-refractivity contribution in [3.63, 3.8) is 0 Å². The van der Waals surface area contributed by atoms with Crippen molar-refractivity contribution in [2.75, 3.05) is 14.1 Å². The minimum atomic E-state index is -3.58. The van der Waals surface area contributed by atoms with Gasteiger partial charge in [0.15, 0.2) is 0 Å². The third-order valence-corrected chi connectivity index (χ3v) is 6.45. The van der Waals surface area contributed by atoms with Gasteiger partial charge in [0, 0.05) is 30.2 Å². The second kappa shape index (κ2) is 6.46. The average molecular weight is 375 g/mol. The zero-order valence-electron chi connectivity index (χ0n) is 12.1. The van der Waals surface area contributed by atoms with Gasteiger partial charge in [0.2, 0.25) is 10.0 Å². The Hall–Kier alpha value is -0.920. The smallest absolute Gasteiger partial charge is 0.251 e. The van der Waals surface area contributed by atoms with Crippen LogP contribution in [0, 0.1) is 0 Å². The van der Waals surface area contributed by atoms with Crippen molar-refractivity contribution in [1.82, 2.24) is 9.62 Å². The Kier molecular flexibility index (Phi) is 5.06. The zero-order chi connectivity index (χ0) is 15.6. The van der Waals surface area contributed by atoms with E-state index < -0.39 is 10.0 Å². The maximum absolute atomic E-state index is 12.2. The average Bonchev–Trinajstić information content (AvgIpc) is 2.91. The zero-order valence-corrected chi connectivity index (χ0v) is 14.5. The molecule has 0 unspecified atom stereocenters. The van der Waals surface area contributed by atoms with E-state index in [-0.39, 0.29) is 16.8 Å². The highest BCUT2D eigenvalue weighted by Crippen LogP contribution is 2.25. The van der Waals surface area contributed by atoms with Crippen molar-refractivity contribution < 1.29 is 13.2 Å². The molecule has 0 heterocycles. The van der Waals surface area contributed by atoms with Crippen LogP contribution in [0.2, 0.25) is 0 Å². The van der Waals surface area contributed by atoms with Gasteiger partial charge in [-0.15, -0.1) is 0 Å². The molecule has 1 fully saturated rings. The van der Waals surface area contributed by atoms with Gasteiger partial charge in [0.25, 0.3) is 5.91 Å². The fourth-order valence-electron chi connectivity index (χ4n) is 2.38. The van der Waals surface area contributed by atoms with Crippen LogP contribution in [0.15, 0.2) is 27.6 Å². The number of nitrogens with one attached hydrogen (secondary N) is 1. The highest BCUT2D eigenvalue weighted by molar-refractivity contribution is 9.10. The van der Waals surface area contributed by atoms with Crippen molar-refractivity contribution in [2.45, 2.75) is 36.6 Å². The number of sulfonamides is 1. The van der Waals surface area contributed by atoms with E-state index in [0.717, 1.165) is 30.0 Å². The molecule has 1 aliphatic rings. The fourth-order valence-corrected chi connectivity index (χ4v) is 4.22. The van der Waals surface area contributed by atoms with E-state index in [4.69, 9.17) is 0 Å². The molecular formula is C14H19BrN2O3S. The van der Waals surface area contributed by atoms with Gasteiger partial charge in [-0.05, 0) is 47.0 Å². The summed E-state index contributed by atoms with van der Waals surface area (Å²) < 4.78 is 26.1. The summed E-state index contributed by atoms with van der Waals surface area (Å²) in [7, 11) is -0.654. The number of amides is 1. The number of hydrogen-bond donors (Lipinski definition) is 1. The number of rotatable bonds is 4. The van der Waals surface area contributed by atoms with Crippen molar-refractivity contribution in [1.29, 1.82) is 0 Å². The molecule has 1 saturated carbocycles. The van der Waals surface area contributed by atoms with E-state index in [2.05, 4.69) is 21.2 Å². The Balaban J connectivity index is 2.28. The number of benzene rings is 1. The number of carbonyl (C=O) groups is 1. The number of halogens is 1. The Morgan fingerprint density at radius 2 is 1.90 bits per heavy atom. The molecule has 0 atom stereocenters. The number of carbonyl (C=O) groups excluding carboxylic acids is 1. The van der Waals surface area contributed by atoms with Crippen molar-refractivity contribution >= 4 is 31.9 Å². The molecule has 0 radical (unpaired) electrons. The lowest BCUT2D eigenvalue weighted by Gasteiger charge is -2.15. The van der Waals surface area contributed by atoms with E-state index in [0.29, 0.717) is 10.0 Å².